The van der Waals surface area contributed by atoms with Crippen molar-refractivity contribution in [1.82, 2.24) is 4.57 Å². The van der Waals surface area contributed by atoms with Crippen LogP contribution in [-0.4, -0.2) is 4.57 Å². The first-order chi connectivity index (χ1) is 28.8. The van der Waals surface area contributed by atoms with Gasteiger partial charge in [0.15, 0.2) is 0 Å². The van der Waals surface area contributed by atoms with Crippen molar-refractivity contribution in [1.29, 1.82) is 0 Å². The summed E-state index contributed by atoms with van der Waals surface area (Å²) < 4.78 is 9.36. The molecule has 4 unspecified atom stereocenters. The van der Waals surface area contributed by atoms with Crippen LogP contribution in [0.25, 0.3) is 39.6 Å². The van der Waals surface area contributed by atoms with E-state index in [0.717, 1.165) is 53.8 Å². The molecule has 0 amide bonds. The van der Waals surface area contributed by atoms with Gasteiger partial charge in [0, 0.05) is 45.9 Å². The summed E-state index contributed by atoms with van der Waals surface area (Å²) in [5.41, 5.74) is 12.9. The van der Waals surface area contributed by atoms with E-state index in [0.29, 0.717) is 17.8 Å². The van der Waals surface area contributed by atoms with Gasteiger partial charge in [0.2, 0.25) is 0 Å². The number of rotatable bonds is 7. The van der Waals surface area contributed by atoms with Crippen LogP contribution in [0.15, 0.2) is 167 Å². The van der Waals surface area contributed by atoms with Crippen molar-refractivity contribution >= 4 is 39.6 Å². The average Bonchev–Trinajstić information content (AvgIpc) is 3.72. The second kappa shape index (κ2) is 14.9. The second-order valence-corrected chi connectivity index (χ2v) is 16.7. The van der Waals surface area contributed by atoms with Crippen molar-refractivity contribution in [3.8, 4) is 5.69 Å². The van der Waals surface area contributed by atoms with Crippen LogP contribution in [0.5, 0.6) is 0 Å². The number of hydrogen-bond acceptors (Lipinski definition) is 2. The van der Waals surface area contributed by atoms with Gasteiger partial charge in [-0.25, -0.2) is 0 Å². The SMILES string of the molecule is c1ccc2c(c#1)c1ccccc1n2-c1ccc(N(C2=CCC(C3C=CC(c4ccccc4)CC3)C=C2)C2CC(C3=CCCCC3)=Cc3c2oc2c3CC=CC=C2)cc1. The molecule has 6 aromatic rings. The lowest BCUT2D eigenvalue weighted by atomic mass is 9.76. The van der Waals surface area contributed by atoms with Crippen LogP contribution < -0.4 is 4.90 Å². The van der Waals surface area contributed by atoms with E-state index in [2.05, 4.69) is 173 Å². The summed E-state index contributed by atoms with van der Waals surface area (Å²) >= 11 is 0. The molecule has 0 fully saturated rings. The fourth-order valence-electron chi connectivity index (χ4n) is 10.4. The normalized spacial score (nSPS) is 22.4. The standard InChI is InChI=1S/C55H48N2O/c1-4-14-38(15-5-1)40-24-26-41(27-25-40)42-28-30-44(31-29-42)56(45-32-34-46(35-33-45)57-51-21-12-10-18-47(51)48-19-11-13-22-52(48)57)53-37-43(39-16-6-2-7-17-39)36-50-49-20-8-3-9-23-54(49)58-55(50)53/h1,3-5,8-10,12-16,18,21-24,26,28,30-36,40-42,53H,2,6-7,17,20,25,27,29,37H2. The Balaban J connectivity index is 0.988. The lowest BCUT2D eigenvalue weighted by Crippen LogP contribution is -2.31. The minimum atomic E-state index is 0.0139. The number of anilines is 1. The molecular formula is C55H48N2O. The Morgan fingerprint density at radius 3 is 2.48 bits per heavy atom. The fourth-order valence-corrected chi connectivity index (χ4v) is 10.4. The molecule has 2 aromatic heterocycles. The third kappa shape index (κ3) is 6.23. The van der Waals surface area contributed by atoms with Crippen LogP contribution in [0.3, 0.4) is 0 Å². The molecule has 58 heavy (non-hydrogen) atoms. The highest BCUT2D eigenvalue weighted by atomic mass is 16.3. The molecule has 0 N–H and O–H groups in total. The Hall–Kier alpha value is -6.24. The maximum Gasteiger partial charge on any atom is 0.135 e. The molecule has 2 heterocycles. The van der Waals surface area contributed by atoms with Gasteiger partial charge in [0.25, 0.3) is 0 Å². The molecule has 4 atom stereocenters. The monoisotopic (exact) mass is 752 g/mol. The van der Waals surface area contributed by atoms with Gasteiger partial charge >= 0.3 is 0 Å². The Labute approximate surface area is 342 Å². The largest absolute Gasteiger partial charge is 0.459 e. The predicted octanol–water partition coefficient (Wildman–Crippen LogP) is 14.1. The number of allylic oxidation sites excluding steroid dienone is 10. The van der Waals surface area contributed by atoms with Gasteiger partial charge in [-0.1, -0.05) is 109 Å². The molecule has 0 saturated heterocycles. The van der Waals surface area contributed by atoms with Crippen LogP contribution in [-0.2, 0) is 6.42 Å². The number of nitrogens with zero attached hydrogens (tertiary/aromatic N) is 2. The van der Waals surface area contributed by atoms with Crippen LogP contribution in [0.1, 0.15) is 91.5 Å². The zero-order valence-corrected chi connectivity index (χ0v) is 33.0. The highest BCUT2D eigenvalue weighted by molar-refractivity contribution is 6.08. The fraction of sp³-hybridized carbons (Fsp3) is 0.236. The number of furan rings is 1. The van der Waals surface area contributed by atoms with Crippen LogP contribution >= 0.6 is 0 Å². The van der Waals surface area contributed by atoms with Crippen molar-refractivity contribution in [2.75, 3.05) is 4.90 Å². The van der Waals surface area contributed by atoms with E-state index in [9.17, 15) is 0 Å². The summed E-state index contributed by atoms with van der Waals surface area (Å²) in [6.07, 6.45) is 36.2. The van der Waals surface area contributed by atoms with Gasteiger partial charge in [-0.05, 0) is 141 Å². The summed E-state index contributed by atoms with van der Waals surface area (Å²) in [5, 5.41) is 2.30. The molecule has 5 aliphatic carbocycles. The molecule has 0 radical (unpaired) electrons. The van der Waals surface area contributed by atoms with Crippen LogP contribution in [0.4, 0.5) is 5.69 Å². The molecule has 0 bridgehead atoms. The third-order valence-corrected chi connectivity index (χ3v) is 13.4. The average molecular weight is 753 g/mol. The van der Waals surface area contributed by atoms with Gasteiger partial charge in [-0.2, -0.15) is 0 Å². The van der Waals surface area contributed by atoms with Gasteiger partial charge in [0.1, 0.15) is 11.5 Å². The topological polar surface area (TPSA) is 21.3 Å². The lowest BCUT2D eigenvalue weighted by molar-refractivity contribution is 0.405. The first-order valence-electron chi connectivity index (χ1n) is 21.5. The van der Waals surface area contributed by atoms with E-state index < -0.39 is 0 Å². The first kappa shape index (κ1) is 35.0. The molecule has 11 rings (SSSR count). The predicted molar refractivity (Wildman–Crippen MR) is 240 cm³/mol. The Bertz CT molecular complexity index is 2670. The summed E-state index contributed by atoms with van der Waals surface area (Å²) in [7, 11) is 0. The van der Waals surface area contributed by atoms with E-state index >= 15 is 0 Å². The molecule has 0 saturated carbocycles. The number of para-hydroxylation sites is 1. The van der Waals surface area contributed by atoms with E-state index in [1.54, 1.807) is 0 Å². The van der Waals surface area contributed by atoms with E-state index in [4.69, 9.17) is 4.42 Å². The van der Waals surface area contributed by atoms with Crippen molar-refractivity contribution < 1.29 is 4.42 Å². The number of fused-ring (bicyclic) bond motifs is 6. The number of hydrogen-bond donors (Lipinski definition) is 0. The second-order valence-electron chi connectivity index (χ2n) is 16.7. The highest BCUT2D eigenvalue weighted by Crippen LogP contribution is 2.48. The van der Waals surface area contributed by atoms with Crippen LogP contribution in [0.2, 0.25) is 0 Å². The van der Waals surface area contributed by atoms with Crippen LogP contribution in [0, 0.1) is 24.0 Å². The third-order valence-electron chi connectivity index (χ3n) is 13.4. The minimum absolute atomic E-state index is 0.0139. The molecule has 3 nitrogen and oxygen atoms in total. The summed E-state index contributed by atoms with van der Waals surface area (Å²) in [4.78, 5) is 2.60. The molecule has 284 valence electrons. The summed E-state index contributed by atoms with van der Waals surface area (Å²) in [6.45, 7) is 0. The molecule has 3 heteroatoms. The lowest BCUT2D eigenvalue weighted by Gasteiger charge is -2.38. The highest BCUT2D eigenvalue weighted by Gasteiger charge is 2.36. The number of aromatic nitrogens is 1. The van der Waals surface area contributed by atoms with E-state index in [1.807, 2.05) is 6.07 Å². The Morgan fingerprint density at radius 2 is 1.66 bits per heavy atom. The van der Waals surface area contributed by atoms with Gasteiger partial charge in [-0.3, -0.25) is 0 Å². The van der Waals surface area contributed by atoms with E-state index in [-0.39, 0.29) is 6.04 Å². The van der Waals surface area contributed by atoms with Crippen molar-refractivity contribution in [3.63, 3.8) is 0 Å². The minimum Gasteiger partial charge on any atom is -0.459 e. The molecule has 4 aromatic carbocycles. The van der Waals surface area contributed by atoms with Gasteiger partial charge in [0.05, 0.1) is 22.5 Å². The first-order valence-corrected chi connectivity index (χ1v) is 21.5. The number of benzene rings is 3. The smallest absolute Gasteiger partial charge is 0.135 e. The summed E-state index contributed by atoms with van der Waals surface area (Å²) in [6, 6.07) is 39.6. The molecular weight excluding hydrogens is 705 g/mol. The Kier molecular flexibility index (Phi) is 9.00. The van der Waals surface area contributed by atoms with Crippen molar-refractivity contribution in [3.05, 3.63) is 203 Å². The quantitative estimate of drug-likeness (QED) is 0.151. The molecule has 0 aliphatic heterocycles. The van der Waals surface area contributed by atoms with Gasteiger partial charge < -0.3 is 13.9 Å². The zero-order valence-electron chi connectivity index (χ0n) is 33.0. The molecule has 5 aliphatic rings. The maximum atomic E-state index is 6.99. The van der Waals surface area contributed by atoms with Crippen molar-refractivity contribution in [2.45, 2.75) is 69.7 Å². The van der Waals surface area contributed by atoms with Gasteiger partial charge in [-0.15, -0.1) is 0 Å². The Morgan fingerprint density at radius 1 is 0.759 bits per heavy atom. The van der Waals surface area contributed by atoms with Crippen molar-refractivity contribution in [2.24, 2.45) is 11.8 Å². The molecule has 0 spiro atoms. The maximum absolute atomic E-state index is 6.99. The van der Waals surface area contributed by atoms with E-state index in [1.165, 1.54) is 82.2 Å². The summed E-state index contributed by atoms with van der Waals surface area (Å²) in [5.74, 6) is 3.65. The zero-order chi connectivity index (χ0) is 38.4.